The van der Waals surface area contributed by atoms with Gasteiger partial charge in [-0.3, -0.25) is 9.48 Å². The van der Waals surface area contributed by atoms with Crippen LogP contribution in [0.25, 0.3) is 0 Å². The molecule has 0 spiro atoms. The maximum Gasteiger partial charge on any atom is 0.246 e. The van der Waals surface area contributed by atoms with Crippen molar-refractivity contribution in [3.8, 4) is 0 Å². The Morgan fingerprint density at radius 1 is 1.55 bits per heavy atom. The topological polar surface area (TPSA) is 65.8 Å². The zero-order valence-corrected chi connectivity index (χ0v) is 14.5. The summed E-state index contributed by atoms with van der Waals surface area (Å²) in [5.41, 5.74) is 0.836. The quantitative estimate of drug-likeness (QED) is 0.634. The Morgan fingerprint density at radius 2 is 2.32 bits per heavy atom. The minimum atomic E-state index is 0.0440. The smallest absolute Gasteiger partial charge is 0.246 e. The Bertz CT molecular complexity index is 582. The van der Waals surface area contributed by atoms with Crippen LogP contribution in [0.4, 0.5) is 5.69 Å². The normalized spacial score (nSPS) is 16.1. The molecule has 120 valence electrons. The van der Waals surface area contributed by atoms with E-state index >= 15 is 0 Å². The molecule has 22 heavy (non-hydrogen) atoms. The molecule has 0 atom stereocenters. The van der Waals surface area contributed by atoms with Crippen molar-refractivity contribution in [2.24, 2.45) is 12.0 Å². The molecule has 0 bridgehead atoms. The predicted molar refractivity (Wildman–Crippen MR) is 91.2 cm³/mol. The van der Waals surface area contributed by atoms with Crippen molar-refractivity contribution in [1.29, 1.82) is 0 Å². The lowest BCUT2D eigenvalue weighted by Gasteiger charge is -2.35. The summed E-state index contributed by atoms with van der Waals surface area (Å²) < 4.78 is 2.51. The fourth-order valence-electron chi connectivity index (χ4n) is 2.26. The molecule has 1 fully saturated rings. The molecular formula is C14H21BrN6O. The SMILES string of the molecule is C=C(Br)CN=C(NCC)N1CCN(c2cnn(C)c2)C(=O)C1. The molecule has 1 saturated heterocycles. The van der Waals surface area contributed by atoms with Crippen molar-refractivity contribution in [3.63, 3.8) is 0 Å². The number of amides is 1. The highest BCUT2D eigenvalue weighted by atomic mass is 79.9. The number of aliphatic imine (C=N–C) groups is 1. The molecule has 1 N–H and O–H groups in total. The third kappa shape index (κ3) is 4.09. The number of hydrogen-bond acceptors (Lipinski definition) is 3. The van der Waals surface area contributed by atoms with Gasteiger partial charge in [-0.25, -0.2) is 4.99 Å². The molecule has 1 aromatic heterocycles. The Morgan fingerprint density at radius 3 is 2.86 bits per heavy atom. The standard InChI is InChI=1S/C14H21BrN6O/c1-4-16-14(17-7-11(2)15)20-5-6-21(13(22)10-20)12-8-18-19(3)9-12/h8-9H,2,4-7,10H2,1,3H3,(H,16,17). The summed E-state index contributed by atoms with van der Waals surface area (Å²) in [6.07, 6.45) is 3.56. The fraction of sp³-hybridized carbons (Fsp3) is 0.500. The zero-order valence-electron chi connectivity index (χ0n) is 12.9. The third-order valence-corrected chi connectivity index (χ3v) is 3.51. The number of carbonyl (C=O) groups excluding carboxylic acids is 1. The Labute approximate surface area is 138 Å². The Kier molecular flexibility index (Phi) is 5.59. The van der Waals surface area contributed by atoms with Crippen LogP contribution in [0.15, 0.2) is 28.4 Å². The van der Waals surface area contributed by atoms with Gasteiger partial charge in [0.25, 0.3) is 0 Å². The molecule has 8 heteroatoms. The number of nitrogens with one attached hydrogen (secondary N) is 1. The predicted octanol–water partition coefficient (Wildman–Crippen LogP) is 0.943. The van der Waals surface area contributed by atoms with Gasteiger partial charge in [0.15, 0.2) is 5.96 Å². The molecule has 1 aromatic rings. The highest BCUT2D eigenvalue weighted by Crippen LogP contribution is 2.16. The first-order valence-corrected chi connectivity index (χ1v) is 7.96. The molecule has 0 radical (unpaired) electrons. The van der Waals surface area contributed by atoms with E-state index in [9.17, 15) is 4.79 Å². The number of hydrogen-bond donors (Lipinski definition) is 1. The maximum atomic E-state index is 12.4. The number of halogens is 1. The first kappa shape index (κ1) is 16.5. The minimum Gasteiger partial charge on any atom is -0.356 e. The van der Waals surface area contributed by atoms with Gasteiger partial charge in [0.1, 0.15) is 6.54 Å². The Hall–Kier alpha value is -1.83. The molecule has 0 saturated carbocycles. The molecule has 1 aliphatic rings. The van der Waals surface area contributed by atoms with Crippen molar-refractivity contribution in [3.05, 3.63) is 23.5 Å². The van der Waals surface area contributed by atoms with Gasteiger partial charge in [0.05, 0.1) is 18.4 Å². The van der Waals surface area contributed by atoms with Crippen LogP contribution in [-0.2, 0) is 11.8 Å². The second kappa shape index (κ2) is 7.44. The highest BCUT2D eigenvalue weighted by Gasteiger charge is 2.27. The monoisotopic (exact) mass is 368 g/mol. The number of piperazine rings is 1. The summed E-state index contributed by atoms with van der Waals surface area (Å²) in [6, 6.07) is 0. The summed E-state index contributed by atoms with van der Waals surface area (Å²) in [6.45, 7) is 8.67. The molecule has 1 amide bonds. The van der Waals surface area contributed by atoms with Crippen LogP contribution in [0.5, 0.6) is 0 Å². The highest BCUT2D eigenvalue weighted by molar-refractivity contribution is 9.11. The van der Waals surface area contributed by atoms with E-state index in [1.807, 2.05) is 25.1 Å². The van der Waals surface area contributed by atoms with E-state index in [0.29, 0.717) is 19.6 Å². The summed E-state index contributed by atoms with van der Waals surface area (Å²) >= 11 is 3.30. The van der Waals surface area contributed by atoms with Gasteiger partial charge in [0.2, 0.25) is 5.91 Å². The van der Waals surface area contributed by atoms with Crippen molar-refractivity contribution in [1.82, 2.24) is 20.0 Å². The molecule has 0 aromatic carbocycles. The van der Waals surface area contributed by atoms with Gasteiger partial charge in [0, 0.05) is 37.4 Å². The zero-order chi connectivity index (χ0) is 16.1. The molecule has 7 nitrogen and oxygen atoms in total. The van der Waals surface area contributed by atoms with E-state index in [1.165, 1.54) is 0 Å². The van der Waals surface area contributed by atoms with Gasteiger partial charge in [-0.05, 0) is 6.92 Å². The van der Waals surface area contributed by atoms with Crippen molar-refractivity contribution in [2.45, 2.75) is 6.92 Å². The second-order valence-corrected chi connectivity index (χ2v) is 6.15. The van der Waals surface area contributed by atoms with Crippen LogP contribution < -0.4 is 10.2 Å². The van der Waals surface area contributed by atoms with Crippen molar-refractivity contribution < 1.29 is 4.79 Å². The van der Waals surface area contributed by atoms with E-state index in [-0.39, 0.29) is 5.91 Å². The molecule has 2 heterocycles. The van der Waals surface area contributed by atoms with Crippen LogP contribution in [0.1, 0.15) is 6.92 Å². The third-order valence-electron chi connectivity index (χ3n) is 3.26. The van der Waals surface area contributed by atoms with Crippen molar-refractivity contribution in [2.75, 3.05) is 37.6 Å². The molecule has 0 aliphatic carbocycles. The average molecular weight is 369 g/mol. The molecular weight excluding hydrogens is 348 g/mol. The Balaban J connectivity index is 2.05. The van der Waals surface area contributed by atoms with Crippen LogP contribution >= 0.6 is 15.9 Å². The minimum absolute atomic E-state index is 0.0440. The first-order valence-electron chi connectivity index (χ1n) is 7.16. The number of nitrogens with zero attached hydrogens (tertiary/aromatic N) is 5. The summed E-state index contributed by atoms with van der Waals surface area (Å²) in [4.78, 5) is 20.6. The summed E-state index contributed by atoms with van der Waals surface area (Å²) in [5, 5.41) is 7.33. The largest absolute Gasteiger partial charge is 0.356 e. The van der Waals surface area contributed by atoms with Crippen LogP contribution in [0.3, 0.4) is 0 Å². The van der Waals surface area contributed by atoms with Crippen molar-refractivity contribution >= 4 is 33.5 Å². The lowest BCUT2D eigenvalue weighted by Crippen LogP contribution is -2.55. The van der Waals surface area contributed by atoms with Gasteiger partial charge < -0.3 is 15.1 Å². The fourth-order valence-corrected chi connectivity index (χ4v) is 2.39. The lowest BCUT2D eigenvalue weighted by atomic mass is 10.3. The maximum absolute atomic E-state index is 12.4. The molecule has 0 unspecified atom stereocenters. The lowest BCUT2D eigenvalue weighted by molar-refractivity contribution is -0.120. The van der Waals surface area contributed by atoms with E-state index in [2.05, 4.69) is 37.9 Å². The van der Waals surface area contributed by atoms with Gasteiger partial charge in [-0.2, -0.15) is 5.10 Å². The van der Waals surface area contributed by atoms with Crippen LogP contribution in [0, 0.1) is 0 Å². The average Bonchev–Trinajstić information content (AvgIpc) is 2.89. The van der Waals surface area contributed by atoms with Crippen LogP contribution in [0.2, 0.25) is 0 Å². The number of guanidine groups is 1. The summed E-state index contributed by atoms with van der Waals surface area (Å²) in [7, 11) is 1.84. The van der Waals surface area contributed by atoms with E-state index < -0.39 is 0 Å². The number of aromatic nitrogens is 2. The van der Waals surface area contributed by atoms with Gasteiger partial charge in [-0.1, -0.05) is 22.5 Å². The van der Waals surface area contributed by atoms with E-state index in [4.69, 9.17) is 0 Å². The van der Waals surface area contributed by atoms with Crippen LogP contribution in [-0.4, -0.2) is 59.3 Å². The number of anilines is 1. The number of aryl methyl sites for hydroxylation is 1. The molecule has 1 aliphatic heterocycles. The van der Waals surface area contributed by atoms with E-state index in [1.54, 1.807) is 15.8 Å². The summed E-state index contributed by atoms with van der Waals surface area (Å²) in [5.74, 6) is 0.782. The second-order valence-electron chi connectivity index (χ2n) is 5.03. The first-order chi connectivity index (χ1) is 10.5. The van der Waals surface area contributed by atoms with E-state index in [0.717, 1.165) is 29.2 Å². The van der Waals surface area contributed by atoms with Gasteiger partial charge in [-0.15, -0.1) is 0 Å². The number of rotatable bonds is 4. The van der Waals surface area contributed by atoms with Gasteiger partial charge >= 0.3 is 0 Å². The number of carbonyl (C=O) groups is 1. The molecule has 2 rings (SSSR count).